The summed E-state index contributed by atoms with van der Waals surface area (Å²) in [7, 11) is 0. The van der Waals surface area contributed by atoms with Crippen LogP contribution >= 0.6 is 0 Å². The van der Waals surface area contributed by atoms with Gasteiger partial charge in [-0.1, -0.05) is 44.2 Å². The number of ketones is 2. The van der Waals surface area contributed by atoms with E-state index in [9.17, 15) is 19.8 Å². The Kier molecular flexibility index (Phi) is 5.32. The van der Waals surface area contributed by atoms with Gasteiger partial charge in [0.25, 0.3) is 0 Å². The zero-order valence-corrected chi connectivity index (χ0v) is 16.1. The summed E-state index contributed by atoms with van der Waals surface area (Å²) in [5.41, 5.74) is 2.63. The number of aryl methyl sites for hydroxylation is 1. The Morgan fingerprint density at radius 2 is 1.36 bits per heavy atom. The molecule has 28 heavy (non-hydrogen) atoms. The van der Waals surface area contributed by atoms with Gasteiger partial charge in [0.2, 0.25) is 0 Å². The lowest BCUT2D eigenvalue weighted by Gasteiger charge is -2.11. The molecule has 0 unspecified atom stereocenters. The maximum atomic E-state index is 13.0. The van der Waals surface area contributed by atoms with Crippen molar-refractivity contribution < 1.29 is 19.8 Å². The van der Waals surface area contributed by atoms with Gasteiger partial charge in [-0.15, -0.1) is 0 Å². The van der Waals surface area contributed by atoms with Crippen molar-refractivity contribution >= 4 is 11.6 Å². The highest BCUT2D eigenvalue weighted by atomic mass is 16.3. The lowest BCUT2D eigenvalue weighted by Crippen LogP contribution is -2.08. The highest BCUT2D eigenvalue weighted by Crippen LogP contribution is 2.28. The summed E-state index contributed by atoms with van der Waals surface area (Å²) in [6.45, 7) is 5.81. The first kappa shape index (κ1) is 19.4. The van der Waals surface area contributed by atoms with Gasteiger partial charge in [0, 0.05) is 11.1 Å². The van der Waals surface area contributed by atoms with Gasteiger partial charge in [0.1, 0.15) is 11.5 Å². The average molecular weight is 374 g/mol. The first-order valence-electron chi connectivity index (χ1n) is 9.10. The molecule has 0 aliphatic carbocycles. The first-order chi connectivity index (χ1) is 13.3. The zero-order chi connectivity index (χ0) is 20.4. The second-order valence-corrected chi connectivity index (χ2v) is 7.14. The lowest BCUT2D eigenvalue weighted by atomic mass is 9.93. The van der Waals surface area contributed by atoms with Gasteiger partial charge in [-0.05, 0) is 54.3 Å². The van der Waals surface area contributed by atoms with Crippen LogP contribution < -0.4 is 0 Å². The summed E-state index contributed by atoms with van der Waals surface area (Å²) in [4.78, 5) is 25.9. The molecule has 0 spiro atoms. The van der Waals surface area contributed by atoms with Crippen LogP contribution in [-0.2, 0) is 0 Å². The van der Waals surface area contributed by atoms with E-state index in [-0.39, 0.29) is 39.9 Å². The van der Waals surface area contributed by atoms with E-state index in [4.69, 9.17) is 0 Å². The highest BCUT2D eigenvalue weighted by molar-refractivity contribution is 6.15. The number of phenolic OH excluding ortho intramolecular Hbond substituents is 2. The smallest absolute Gasteiger partial charge is 0.197 e. The Labute approximate surface area is 164 Å². The zero-order valence-electron chi connectivity index (χ0n) is 16.1. The van der Waals surface area contributed by atoms with Crippen molar-refractivity contribution in [2.24, 2.45) is 0 Å². The van der Waals surface area contributed by atoms with Crippen molar-refractivity contribution in [3.63, 3.8) is 0 Å². The number of carbonyl (C=O) groups is 2. The number of benzene rings is 3. The van der Waals surface area contributed by atoms with Crippen LogP contribution in [-0.4, -0.2) is 21.8 Å². The van der Waals surface area contributed by atoms with Gasteiger partial charge < -0.3 is 10.2 Å². The molecule has 0 amide bonds. The van der Waals surface area contributed by atoms with Crippen molar-refractivity contribution in [3.05, 3.63) is 94.0 Å². The number of hydrogen-bond acceptors (Lipinski definition) is 4. The van der Waals surface area contributed by atoms with Gasteiger partial charge in [-0.2, -0.15) is 0 Å². The third-order valence-electron chi connectivity index (χ3n) is 4.82. The standard InChI is InChI=1S/C24H22O4/c1-14(2)16-8-10-21(25)19(12-16)23(27)17-9-11-22(26)20(13-17)24(28)18-7-5-4-6-15(18)3/h4-14,25-26H,1-3H3. The molecule has 3 aromatic carbocycles. The van der Waals surface area contributed by atoms with Crippen LogP contribution in [0.3, 0.4) is 0 Å². The second kappa shape index (κ2) is 7.69. The van der Waals surface area contributed by atoms with Crippen LogP contribution in [0.2, 0.25) is 0 Å². The van der Waals surface area contributed by atoms with Gasteiger partial charge in [0.05, 0.1) is 11.1 Å². The molecule has 0 saturated carbocycles. The molecular weight excluding hydrogens is 352 g/mol. The fraction of sp³-hybridized carbons (Fsp3) is 0.167. The third kappa shape index (κ3) is 3.67. The normalized spacial score (nSPS) is 10.9. The van der Waals surface area contributed by atoms with E-state index in [0.717, 1.165) is 11.1 Å². The monoisotopic (exact) mass is 374 g/mol. The van der Waals surface area contributed by atoms with Crippen molar-refractivity contribution in [2.45, 2.75) is 26.7 Å². The summed E-state index contributed by atoms with van der Waals surface area (Å²) in [5.74, 6) is -0.867. The molecule has 0 heterocycles. The van der Waals surface area contributed by atoms with E-state index in [1.54, 1.807) is 24.3 Å². The molecule has 0 fully saturated rings. The topological polar surface area (TPSA) is 74.6 Å². The molecular formula is C24H22O4. The molecule has 0 aliphatic heterocycles. The summed E-state index contributed by atoms with van der Waals surface area (Å²) in [6, 6.07) is 16.2. The van der Waals surface area contributed by atoms with E-state index >= 15 is 0 Å². The molecule has 0 saturated heterocycles. The fourth-order valence-electron chi connectivity index (χ4n) is 3.08. The maximum absolute atomic E-state index is 13.0. The Morgan fingerprint density at radius 3 is 2.00 bits per heavy atom. The van der Waals surface area contributed by atoms with Crippen LogP contribution in [0.1, 0.15) is 62.7 Å². The van der Waals surface area contributed by atoms with Crippen LogP contribution in [0.25, 0.3) is 0 Å². The molecule has 0 aromatic heterocycles. The molecule has 0 atom stereocenters. The summed E-state index contributed by atoms with van der Waals surface area (Å²) in [5, 5.41) is 20.4. The molecule has 0 bridgehead atoms. The highest BCUT2D eigenvalue weighted by Gasteiger charge is 2.20. The molecule has 142 valence electrons. The van der Waals surface area contributed by atoms with Crippen LogP contribution in [0.5, 0.6) is 11.5 Å². The summed E-state index contributed by atoms with van der Waals surface area (Å²) in [6.07, 6.45) is 0. The largest absolute Gasteiger partial charge is 0.507 e. The minimum absolute atomic E-state index is 0.0552. The summed E-state index contributed by atoms with van der Waals surface area (Å²) >= 11 is 0. The van der Waals surface area contributed by atoms with Crippen LogP contribution in [0.4, 0.5) is 0 Å². The SMILES string of the molecule is Cc1ccccc1C(=O)c1cc(C(=O)c2cc(C(C)C)ccc2O)ccc1O. The maximum Gasteiger partial charge on any atom is 0.197 e. The summed E-state index contributed by atoms with van der Waals surface area (Å²) < 4.78 is 0. The quantitative estimate of drug-likeness (QED) is 0.617. The Hall–Kier alpha value is -3.40. The van der Waals surface area contributed by atoms with E-state index in [1.165, 1.54) is 24.3 Å². The Bertz CT molecular complexity index is 1060. The van der Waals surface area contributed by atoms with Crippen molar-refractivity contribution in [1.29, 1.82) is 0 Å². The third-order valence-corrected chi connectivity index (χ3v) is 4.82. The molecule has 0 radical (unpaired) electrons. The molecule has 4 heteroatoms. The predicted molar refractivity (Wildman–Crippen MR) is 108 cm³/mol. The Balaban J connectivity index is 2.05. The fourth-order valence-corrected chi connectivity index (χ4v) is 3.08. The molecule has 2 N–H and O–H groups in total. The Morgan fingerprint density at radius 1 is 0.750 bits per heavy atom. The molecule has 3 rings (SSSR count). The van der Waals surface area contributed by atoms with Gasteiger partial charge in [-0.3, -0.25) is 9.59 Å². The average Bonchev–Trinajstić information content (AvgIpc) is 2.68. The van der Waals surface area contributed by atoms with E-state index in [1.807, 2.05) is 32.9 Å². The molecule has 0 aliphatic rings. The molecule has 3 aromatic rings. The van der Waals surface area contributed by atoms with Crippen molar-refractivity contribution in [2.75, 3.05) is 0 Å². The number of carbonyl (C=O) groups excluding carboxylic acids is 2. The van der Waals surface area contributed by atoms with Crippen molar-refractivity contribution in [3.8, 4) is 11.5 Å². The number of rotatable bonds is 5. The van der Waals surface area contributed by atoms with Gasteiger partial charge in [-0.25, -0.2) is 0 Å². The predicted octanol–water partition coefficient (Wildman–Crippen LogP) is 4.99. The first-order valence-corrected chi connectivity index (χ1v) is 9.10. The van der Waals surface area contributed by atoms with Gasteiger partial charge >= 0.3 is 0 Å². The van der Waals surface area contributed by atoms with E-state index in [0.29, 0.717) is 5.56 Å². The number of phenols is 2. The van der Waals surface area contributed by atoms with Crippen molar-refractivity contribution in [1.82, 2.24) is 0 Å². The second-order valence-electron chi connectivity index (χ2n) is 7.14. The van der Waals surface area contributed by atoms with E-state index in [2.05, 4.69) is 0 Å². The molecule has 4 nitrogen and oxygen atoms in total. The minimum Gasteiger partial charge on any atom is -0.507 e. The minimum atomic E-state index is -0.404. The van der Waals surface area contributed by atoms with Crippen LogP contribution in [0, 0.1) is 6.92 Å². The lowest BCUT2D eigenvalue weighted by molar-refractivity contribution is 0.103. The van der Waals surface area contributed by atoms with Gasteiger partial charge in [0.15, 0.2) is 11.6 Å². The number of hydrogen-bond donors (Lipinski definition) is 2. The van der Waals surface area contributed by atoms with Crippen LogP contribution in [0.15, 0.2) is 60.7 Å². The van der Waals surface area contributed by atoms with E-state index < -0.39 is 5.78 Å². The number of aromatic hydroxyl groups is 2.